The van der Waals surface area contributed by atoms with Gasteiger partial charge in [-0.05, 0) is 56.7 Å². The Kier molecular flexibility index (Phi) is 5.75. The summed E-state index contributed by atoms with van der Waals surface area (Å²) in [4.78, 5) is 38.7. The minimum absolute atomic E-state index is 0.166. The maximum atomic E-state index is 12.3. The molecule has 1 amide bonds. The highest BCUT2D eigenvalue weighted by Gasteiger charge is 2.17. The van der Waals surface area contributed by atoms with Crippen LogP contribution in [-0.2, 0) is 4.74 Å². The van der Waals surface area contributed by atoms with Crippen molar-refractivity contribution in [2.45, 2.75) is 20.8 Å². The molecule has 1 aromatic carbocycles. The standard InChI is InChI=1S/C21H19NO5S/c1-12-6-7-15(10-17(12)22-20(24)19-5-4-8-26-19)21(25)27-11-18(23)16-9-13(2)28-14(16)3/h4-10H,11H2,1-3H3,(H,22,24). The van der Waals surface area contributed by atoms with E-state index in [0.717, 1.165) is 15.3 Å². The number of ketones is 1. The Labute approximate surface area is 166 Å². The molecular weight excluding hydrogens is 378 g/mol. The summed E-state index contributed by atoms with van der Waals surface area (Å²) in [6, 6.07) is 9.76. The Morgan fingerprint density at radius 2 is 1.89 bits per heavy atom. The molecule has 2 heterocycles. The minimum atomic E-state index is -0.633. The normalized spacial score (nSPS) is 10.5. The fraction of sp³-hybridized carbons (Fsp3) is 0.190. The molecule has 0 aliphatic heterocycles. The molecule has 0 aliphatic carbocycles. The van der Waals surface area contributed by atoms with Gasteiger partial charge in [0, 0.05) is 21.0 Å². The molecule has 0 atom stereocenters. The Balaban J connectivity index is 1.67. The Hall–Kier alpha value is -3.19. The molecule has 144 valence electrons. The van der Waals surface area contributed by atoms with Gasteiger partial charge in [0.25, 0.3) is 5.91 Å². The molecule has 3 aromatic rings. The van der Waals surface area contributed by atoms with Crippen LogP contribution in [0.3, 0.4) is 0 Å². The topological polar surface area (TPSA) is 85.6 Å². The predicted octanol–water partition coefficient (Wildman–Crippen LogP) is 4.56. The number of anilines is 1. The van der Waals surface area contributed by atoms with Crippen molar-refractivity contribution in [3.63, 3.8) is 0 Å². The number of thiophene rings is 1. The maximum absolute atomic E-state index is 12.3. The maximum Gasteiger partial charge on any atom is 0.338 e. The third kappa shape index (κ3) is 4.37. The van der Waals surface area contributed by atoms with Gasteiger partial charge >= 0.3 is 5.97 Å². The average Bonchev–Trinajstić information content (AvgIpc) is 3.30. The van der Waals surface area contributed by atoms with Crippen LogP contribution in [0.5, 0.6) is 0 Å². The van der Waals surface area contributed by atoms with Gasteiger partial charge < -0.3 is 14.5 Å². The molecule has 0 bridgehead atoms. The van der Waals surface area contributed by atoms with E-state index in [1.807, 2.05) is 13.8 Å². The first-order valence-electron chi connectivity index (χ1n) is 8.58. The number of amides is 1. The van der Waals surface area contributed by atoms with Crippen molar-refractivity contribution in [3.05, 3.63) is 74.9 Å². The van der Waals surface area contributed by atoms with E-state index in [4.69, 9.17) is 9.15 Å². The van der Waals surface area contributed by atoms with Crippen molar-refractivity contribution in [3.8, 4) is 0 Å². The smallest absolute Gasteiger partial charge is 0.338 e. The van der Waals surface area contributed by atoms with Gasteiger partial charge in [-0.15, -0.1) is 11.3 Å². The van der Waals surface area contributed by atoms with E-state index in [9.17, 15) is 14.4 Å². The first-order chi connectivity index (χ1) is 13.3. The number of benzene rings is 1. The van der Waals surface area contributed by atoms with E-state index in [-0.39, 0.29) is 23.7 Å². The number of carbonyl (C=O) groups is 3. The second-order valence-electron chi connectivity index (χ2n) is 6.29. The molecule has 0 fully saturated rings. The molecular formula is C21H19NO5S. The number of hydrogen-bond donors (Lipinski definition) is 1. The zero-order valence-corrected chi connectivity index (χ0v) is 16.5. The molecule has 3 rings (SSSR count). The van der Waals surface area contributed by atoms with Crippen LogP contribution in [0.4, 0.5) is 5.69 Å². The van der Waals surface area contributed by atoms with Crippen molar-refractivity contribution in [1.29, 1.82) is 0 Å². The van der Waals surface area contributed by atoms with Gasteiger partial charge in [-0.25, -0.2) is 4.79 Å². The van der Waals surface area contributed by atoms with Crippen molar-refractivity contribution in [2.24, 2.45) is 0 Å². The molecule has 2 aromatic heterocycles. The van der Waals surface area contributed by atoms with Gasteiger partial charge in [0.2, 0.25) is 5.78 Å². The summed E-state index contributed by atoms with van der Waals surface area (Å²) in [5.74, 6) is -1.13. The van der Waals surface area contributed by atoms with Crippen LogP contribution in [-0.4, -0.2) is 24.3 Å². The number of hydrogen-bond acceptors (Lipinski definition) is 6. The zero-order valence-electron chi connectivity index (χ0n) is 15.7. The summed E-state index contributed by atoms with van der Waals surface area (Å²) < 4.78 is 10.2. The van der Waals surface area contributed by atoms with Crippen molar-refractivity contribution < 1.29 is 23.5 Å². The summed E-state index contributed by atoms with van der Waals surface area (Å²) in [5.41, 5.74) is 2.06. The molecule has 0 radical (unpaired) electrons. The van der Waals surface area contributed by atoms with Gasteiger partial charge in [0.05, 0.1) is 11.8 Å². The summed E-state index contributed by atoms with van der Waals surface area (Å²) in [5, 5.41) is 2.70. The lowest BCUT2D eigenvalue weighted by atomic mass is 10.1. The Morgan fingerprint density at radius 3 is 2.54 bits per heavy atom. The molecule has 0 spiro atoms. The summed E-state index contributed by atoms with van der Waals surface area (Å²) in [6.45, 7) is 5.25. The lowest BCUT2D eigenvalue weighted by Crippen LogP contribution is -2.16. The van der Waals surface area contributed by atoms with Crippen LogP contribution in [0.25, 0.3) is 0 Å². The van der Waals surface area contributed by atoms with Crippen LogP contribution >= 0.6 is 11.3 Å². The number of rotatable bonds is 6. The SMILES string of the molecule is Cc1cc(C(=O)COC(=O)c2ccc(C)c(NC(=O)c3ccco3)c2)c(C)s1. The third-order valence-corrected chi connectivity index (χ3v) is 5.11. The lowest BCUT2D eigenvalue weighted by Gasteiger charge is -2.10. The van der Waals surface area contributed by atoms with Gasteiger partial charge in [0.1, 0.15) is 0 Å². The van der Waals surface area contributed by atoms with E-state index in [1.54, 1.807) is 37.3 Å². The van der Waals surface area contributed by atoms with Crippen molar-refractivity contribution in [1.82, 2.24) is 0 Å². The number of carbonyl (C=O) groups excluding carboxylic acids is 3. The van der Waals surface area contributed by atoms with Crippen LogP contribution in [0.2, 0.25) is 0 Å². The Bertz CT molecular complexity index is 1030. The van der Waals surface area contributed by atoms with E-state index < -0.39 is 11.9 Å². The number of aryl methyl sites for hydroxylation is 3. The van der Waals surface area contributed by atoms with Gasteiger partial charge in [-0.1, -0.05) is 6.07 Å². The predicted molar refractivity (Wildman–Crippen MR) is 106 cm³/mol. The average molecular weight is 397 g/mol. The highest BCUT2D eigenvalue weighted by atomic mass is 32.1. The minimum Gasteiger partial charge on any atom is -0.459 e. The number of Topliss-reactive ketones (excluding diaryl/α,β-unsaturated/α-hetero) is 1. The third-order valence-electron chi connectivity index (χ3n) is 4.14. The van der Waals surface area contributed by atoms with Crippen LogP contribution in [0.1, 0.15) is 46.6 Å². The first kappa shape index (κ1) is 19.6. The summed E-state index contributed by atoms with van der Waals surface area (Å²) >= 11 is 1.53. The van der Waals surface area contributed by atoms with Crippen LogP contribution < -0.4 is 5.32 Å². The second kappa shape index (κ2) is 8.22. The largest absolute Gasteiger partial charge is 0.459 e. The number of furan rings is 1. The first-order valence-corrected chi connectivity index (χ1v) is 9.39. The lowest BCUT2D eigenvalue weighted by molar-refractivity contribution is 0.0474. The quantitative estimate of drug-likeness (QED) is 0.487. The fourth-order valence-electron chi connectivity index (χ4n) is 2.68. The van der Waals surface area contributed by atoms with Gasteiger partial charge in [-0.3, -0.25) is 9.59 Å². The Morgan fingerprint density at radius 1 is 1.11 bits per heavy atom. The molecule has 1 N–H and O–H groups in total. The molecule has 28 heavy (non-hydrogen) atoms. The second-order valence-corrected chi connectivity index (χ2v) is 7.75. The summed E-state index contributed by atoms with van der Waals surface area (Å²) in [7, 11) is 0. The van der Waals surface area contributed by atoms with E-state index >= 15 is 0 Å². The van der Waals surface area contributed by atoms with Gasteiger partial charge in [-0.2, -0.15) is 0 Å². The molecule has 0 saturated heterocycles. The van der Waals surface area contributed by atoms with Crippen molar-refractivity contribution >= 4 is 34.7 Å². The highest BCUT2D eigenvalue weighted by Crippen LogP contribution is 2.22. The zero-order chi connectivity index (χ0) is 20.3. The number of nitrogens with one attached hydrogen (secondary N) is 1. The molecule has 0 saturated carbocycles. The monoisotopic (exact) mass is 397 g/mol. The van der Waals surface area contributed by atoms with Crippen molar-refractivity contribution in [2.75, 3.05) is 11.9 Å². The number of ether oxygens (including phenoxy) is 1. The van der Waals surface area contributed by atoms with Gasteiger partial charge in [0.15, 0.2) is 12.4 Å². The fourth-order valence-corrected chi connectivity index (χ4v) is 3.62. The molecule has 6 nitrogen and oxygen atoms in total. The van der Waals surface area contributed by atoms with Crippen LogP contribution in [0, 0.1) is 20.8 Å². The van der Waals surface area contributed by atoms with Crippen LogP contribution in [0.15, 0.2) is 47.1 Å². The summed E-state index contributed by atoms with van der Waals surface area (Å²) in [6.07, 6.45) is 1.41. The molecule has 0 aliphatic rings. The highest BCUT2D eigenvalue weighted by molar-refractivity contribution is 7.12. The molecule has 0 unspecified atom stereocenters. The van der Waals surface area contributed by atoms with E-state index in [2.05, 4.69) is 5.32 Å². The molecule has 7 heteroatoms. The van der Waals surface area contributed by atoms with E-state index in [0.29, 0.717) is 11.3 Å². The van der Waals surface area contributed by atoms with E-state index in [1.165, 1.54) is 23.7 Å². The number of esters is 1.